The molecule has 0 aromatic heterocycles. The maximum absolute atomic E-state index is 5.88. The Hall–Kier alpha value is -0.120. The molecule has 0 fully saturated rings. The van der Waals surface area contributed by atoms with Crippen LogP contribution < -0.4 is 0 Å². The highest BCUT2D eigenvalue weighted by Crippen LogP contribution is 2.02. The summed E-state index contributed by atoms with van der Waals surface area (Å²) in [7, 11) is 0. The Morgan fingerprint density at radius 2 is 0.867 bits per heavy atom. The van der Waals surface area contributed by atoms with Crippen molar-refractivity contribution in [2.24, 2.45) is 0 Å². The van der Waals surface area contributed by atoms with Crippen molar-refractivity contribution in [3.8, 4) is 0 Å². The normalized spacial score (nSPS) is 11.6. The maximum Gasteiger partial charge on any atom is 0.0257 e. The first-order chi connectivity index (χ1) is 7.28. The zero-order chi connectivity index (χ0) is 11.5. The fourth-order valence-electron chi connectivity index (χ4n) is 1.55. The van der Waals surface area contributed by atoms with Gasteiger partial charge in [0.05, 0.1) is 0 Å². The average molecular weight is 216 g/mol. The Bertz CT molecular complexity index is 105. The Labute approximate surface area is 95.3 Å². The Kier molecular flexibility index (Phi) is 10.3. The monoisotopic (exact) mass is 216 g/mol. The molecule has 3 heteroatoms. The molecule has 0 aromatic carbocycles. The zero-order valence-electron chi connectivity index (χ0n) is 11.0. The van der Waals surface area contributed by atoms with Crippen molar-refractivity contribution >= 4 is 0 Å². The van der Waals surface area contributed by atoms with E-state index in [1.807, 2.05) is 0 Å². The third-order valence-electron chi connectivity index (χ3n) is 2.12. The summed E-state index contributed by atoms with van der Waals surface area (Å²) in [4.78, 5) is 5.88. The molecule has 0 aromatic rings. The van der Waals surface area contributed by atoms with Crippen molar-refractivity contribution in [3.63, 3.8) is 0 Å². The number of hydrogen-bond acceptors (Lipinski definition) is 3. The summed E-state index contributed by atoms with van der Waals surface area (Å²) in [6, 6.07) is 0. The molecule has 0 spiro atoms. The van der Waals surface area contributed by atoms with Gasteiger partial charge in [0.25, 0.3) is 0 Å². The lowest BCUT2D eigenvalue weighted by Crippen LogP contribution is -2.37. The molecule has 0 saturated heterocycles. The molecule has 3 nitrogen and oxygen atoms in total. The van der Waals surface area contributed by atoms with Crippen molar-refractivity contribution in [2.75, 3.05) is 26.2 Å². The van der Waals surface area contributed by atoms with Crippen LogP contribution in [0.4, 0.5) is 0 Å². The van der Waals surface area contributed by atoms with Crippen LogP contribution in [0.1, 0.15) is 53.4 Å². The molecule has 0 radical (unpaired) electrons. The summed E-state index contributed by atoms with van der Waals surface area (Å²) in [5, 5.41) is 4.18. The molecule has 0 atom stereocenters. The molecule has 0 amide bonds. The highest BCUT2D eigenvalue weighted by Gasteiger charge is 2.09. The van der Waals surface area contributed by atoms with Gasteiger partial charge in [0, 0.05) is 26.2 Å². The molecule has 0 aliphatic rings. The van der Waals surface area contributed by atoms with E-state index in [1.54, 1.807) is 0 Å². The number of hydroxylamine groups is 4. The molecular formula is C12H28N2O. The van der Waals surface area contributed by atoms with Gasteiger partial charge in [-0.2, -0.15) is 10.1 Å². The van der Waals surface area contributed by atoms with Crippen LogP contribution in [-0.2, 0) is 4.94 Å². The van der Waals surface area contributed by atoms with Gasteiger partial charge in [-0.05, 0) is 25.7 Å². The van der Waals surface area contributed by atoms with Gasteiger partial charge in [0.2, 0.25) is 0 Å². The van der Waals surface area contributed by atoms with Crippen molar-refractivity contribution in [2.45, 2.75) is 53.4 Å². The first-order valence-electron chi connectivity index (χ1n) is 6.46. The molecular weight excluding hydrogens is 188 g/mol. The largest absolute Gasteiger partial charge is 0.208 e. The molecule has 92 valence electrons. The summed E-state index contributed by atoms with van der Waals surface area (Å²) in [6.07, 6.45) is 4.58. The van der Waals surface area contributed by atoms with Gasteiger partial charge in [-0.15, -0.1) is 0 Å². The molecule has 0 heterocycles. The number of hydrogen-bond donors (Lipinski definition) is 0. The van der Waals surface area contributed by atoms with Crippen LogP contribution in [0, 0.1) is 0 Å². The van der Waals surface area contributed by atoms with Crippen LogP contribution >= 0.6 is 0 Å². The van der Waals surface area contributed by atoms with Gasteiger partial charge >= 0.3 is 0 Å². The van der Waals surface area contributed by atoms with E-state index in [2.05, 4.69) is 37.8 Å². The van der Waals surface area contributed by atoms with Gasteiger partial charge in [-0.1, -0.05) is 27.7 Å². The molecule has 0 rings (SSSR count). The lowest BCUT2D eigenvalue weighted by Gasteiger charge is -2.28. The second-order valence-electron chi connectivity index (χ2n) is 3.94. The molecule has 0 aliphatic heterocycles. The van der Waals surface area contributed by atoms with Crippen LogP contribution in [0.25, 0.3) is 0 Å². The van der Waals surface area contributed by atoms with Crippen LogP contribution in [0.15, 0.2) is 0 Å². The van der Waals surface area contributed by atoms with Crippen molar-refractivity contribution in [1.82, 2.24) is 10.1 Å². The van der Waals surface area contributed by atoms with Crippen LogP contribution in [-0.4, -0.2) is 36.3 Å². The van der Waals surface area contributed by atoms with Gasteiger partial charge < -0.3 is 0 Å². The minimum Gasteiger partial charge on any atom is -0.208 e. The SMILES string of the molecule is CCCN(CCC)ON(CCC)CCC. The third kappa shape index (κ3) is 7.77. The Morgan fingerprint density at radius 1 is 0.600 bits per heavy atom. The quantitative estimate of drug-likeness (QED) is 0.522. The van der Waals surface area contributed by atoms with E-state index in [0.717, 1.165) is 51.9 Å². The minimum absolute atomic E-state index is 1.03. The predicted octanol–water partition coefficient (Wildman–Crippen LogP) is 3.08. The maximum atomic E-state index is 5.88. The fraction of sp³-hybridized carbons (Fsp3) is 1.00. The fourth-order valence-corrected chi connectivity index (χ4v) is 1.55. The van der Waals surface area contributed by atoms with Gasteiger partial charge in [-0.3, -0.25) is 0 Å². The topological polar surface area (TPSA) is 15.7 Å². The second-order valence-corrected chi connectivity index (χ2v) is 3.94. The van der Waals surface area contributed by atoms with E-state index in [9.17, 15) is 0 Å². The molecule has 0 unspecified atom stereocenters. The first kappa shape index (κ1) is 14.9. The van der Waals surface area contributed by atoms with Gasteiger partial charge in [0.15, 0.2) is 0 Å². The average Bonchev–Trinajstić information content (AvgIpc) is 2.19. The molecule has 0 saturated carbocycles. The van der Waals surface area contributed by atoms with Crippen LogP contribution in [0.2, 0.25) is 0 Å². The van der Waals surface area contributed by atoms with Gasteiger partial charge in [0.1, 0.15) is 0 Å². The molecule has 0 aliphatic carbocycles. The minimum atomic E-state index is 1.03. The standard InChI is InChI=1S/C12H28N2O/c1-5-9-13(10-6-2)15-14(11-7-3)12-8-4/h5-12H2,1-4H3. The third-order valence-corrected chi connectivity index (χ3v) is 2.12. The Morgan fingerprint density at radius 3 is 1.07 bits per heavy atom. The highest BCUT2D eigenvalue weighted by molar-refractivity contribution is 4.46. The van der Waals surface area contributed by atoms with E-state index in [0.29, 0.717) is 0 Å². The van der Waals surface area contributed by atoms with E-state index in [1.165, 1.54) is 0 Å². The summed E-state index contributed by atoms with van der Waals surface area (Å²) in [5.41, 5.74) is 0. The number of nitrogens with zero attached hydrogens (tertiary/aromatic N) is 2. The summed E-state index contributed by atoms with van der Waals surface area (Å²) in [5.74, 6) is 0. The molecule has 0 bridgehead atoms. The summed E-state index contributed by atoms with van der Waals surface area (Å²) in [6.45, 7) is 12.9. The van der Waals surface area contributed by atoms with E-state index >= 15 is 0 Å². The molecule has 0 N–H and O–H groups in total. The lowest BCUT2D eigenvalue weighted by atomic mass is 10.4. The number of rotatable bonds is 10. The van der Waals surface area contributed by atoms with Gasteiger partial charge in [-0.25, -0.2) is 4.94 Å². The summed E-state index contributed by atoms with van der Waals surface area (Å²) >= 11 is 0. The van der Waals surface area contributed by atoms with E-state index in [-0.39, 0.29) is 0 Å². The van der Waals surface area contributed by atoms with Crippen molar-refractivity contribution in [1.29, 1.82) is 0 Å². The predicted molar refractivity (Wildman–Crippen MR) is 65.4 cm³/mol. The zero-order valence-corrected chi connectivity index (χ0v) is 11.0. The van der Waals surface area contributed by atoms with Crippen molar-refractivity contribution in [3.05, 3.63) is 0 Å². The Balaban J connectivity index is 3.93. The van der Waals surface area contributed by atoms with E-state index < -0.39 is 0 Å². The second kappa shape index (κ2) is 10.4. The van der Waals surface area contributed by atoms with Crippen LogP contribution in [0.3, 0.4) is 0 Å². The van der Waals surface area contributed by atoms with E-state index in [4.69, 9.17) is 4.94 Å². The highest BCUT2D eigenvalue weighted by atomic mass is 16.8. The van der Waals surface area contributed by atoms with Crippen LogP contribution in [0.5, 0.6) is 0 Å². The first-order valence-corrected chi connectivity index (χ1v) is 6.46. The lowest BCUT2D eigenvalue weighted by molar-refractivity contribution is -0.325. The summed E-state index contributed by atoms with van der Waals surface area (Å²) < 4.78 is 0. The van der Waals surface area contributed by atoms with Crippen molar-refractivity contribution < 1.29 is 4.94 Å². The molecule has 15 heavy (non-hydrogen) atoms. The smallest absolute Gasteiger partial charge is 0.0257 e.